The highest BCUT2D eigenvalue weighted by Gasteiger charge is 2.30. The minimum atomic E-state index is 0.530. The number of halogens is 1. The first-order chi connectivity index (χ1) is 9.78. The minimum absolute atomic E-state index is 0.530. The van der Waals surface area contributed by atoms with Gasteiger partial charge in [-0.3, -0.25) is 0 Å². The Kier molecular flexibility index (Phi) is 3.95. The summed E-state index contributed by atoms with van der Waals surface area (Å²) in [4.78, 5) is 2.41. The molecule has 0 aromatic heterocycles. The van der Waals surface area contributed by atoms with Crippen LogP contribution in [0.3, 0.4) is 0 Å². The highest BCUT2D eigenvalue weighted by atomic mass is 35.5. The molecule has 0 unspecified atom stereocenters. The van der Waals surface area contributed by atoms with Gasteiger partial charge in [0.1, 0.15) is 0 Å². The summed E-state index contributed by atoms with van der Waals surface area (Å²) in [7, 11) is 0. The SMILES string of the molecule is NCc1ccc(N(Cc2ccccc2)C2CC2)c(Cl)c1. The maximum absolute atomic E-state index is 6.44. The van der Waals surface area contributed by atoms with Crippen LogP contribution in [0.25, 0.3) is 0 Å². The lowest BCUT2D eigenvalue weighted by Gasteiger charge is -2.26. The van der Waals surface area contributed by atoms with Crippen molar-refractivity contribution < 1.29 is 0 Å². The van der Waals surface area contributed by atoms with Gasteiger partial charge in [-0.25, -0.2) is 0 Å². The Bertz CT molecular complexity index is 579. The molecular formula is C17H19ClN2. The zero-order valence-corrected chi connectivity index (χ0v) is 12.2. The predicted molar refractivity (Wildman–Crippen MR) is 85.0 cm³/mol. The summed E-state index contributed by atoms with van der Waals surface area (Å²) in [6, 6.07) is 17.3. The maximum Gasteiger partial charge on any atom is 0.0643 e. The fourth-order valence-electron chi connectivity index (χ4n) is 2.49. The monoisotopic (exact) mass is 286 g/mol. The second kappa shape index (κ2) is 5.86. The minimum Gasteiger partial charge on any atom is -0.363 e. The Morgan fingerprint density at radius 1 is 1.05 bits per heavy atom. The molecule has 1 aliphatic carbocycles. The number of rotatable bonds is 5. The highest BCUT2D eigenvalue weighted by Crippen LogP contribution is 2.37. The third-order valence-electron chi connectivity index (χ3n) is 3.74. The Hall–Kier alpha value is -1.51. The number of nitrogens with two attached hydrogens (primary N) is 1. The van der Waals surface area contributed by atoms with Gasteiger partial charge >= 0.3 is 0 Å². The first kappa shape index (κ1) is 13.5. The summed E-state index contributed by atoms with van der Waals surface area (Å²) < 4.78 is 0. The van der Waals surface area contributed by atoms with Gasteiger partial charge in [0, 0.05) is 19.1 Å². The molecule has 0 amide bonds. The number of benzene rings is 2. The molecule has 0 aliphatic heterocycles. The summed E-state index contributed by atoms with van der Waals surface area (Å²) in [6.07, 6.45) is 2.50. The van der Waals surface area contributed by atoms with Crippen LogP contribution in [0.4, 0.5) is 5.69 Å². The van der Waals surface area contributed by atoms with E-state index in [0.717, 1.165) is 22.8 Å². The van der Waals surface area contributed by atoms with Crippen LogP contribution in [-0.2, 0) is 13.1 Å². The second-order valence-electron chi connectivity index (χ2n) is 5.33. The number of hydrogen-bond acceptors (Lipinski definition) is 2. The van der Waals surface area contributed by atoms with Gasteiger partial charge < -0.3 is 10.6 Å². The fourth-order valence-corrected chi connectivity index (χ4v) is 2.80. The molecule has 2 N–H and O–H groups in total. The van der Waals surface area contributed by atoms with E-state index in [0.29, 0.717) is 12.6 Å². The van der Waals surface area contributed by atoms with Gasteiger partial charge in [-0.1, -0.05) is 48.0 Å². The topological polar surface area (TPSA) is 29.3 Å². The van der Waals surface area contributed by atoms with Crippen LogP contribution in [0.1, 0.15) is 24.0 Å². The van der Waals surface area contributed by atoms with Crippen molar-refractivity contribution in [3.05, 3.63) is 64.7 Å². The van der Waals surface area contributed by atoms with Crippen LogP contribution >= 0.6 is 11.6 Å². The molecule has 1 aliphatic rings. The average Bonchev–Trinajstić information content (AvgIpc) is 3.31. The van der Waals surface area contributed by atoms with Crippen LogP contribution < -0.4 is 10.6 Å². The van der Waals surface area contributed by atoms with Crippen molar-refractivity contribution in [1.29, 1.82) is 0 Å². The summed E-state index contributed by atoms with van der Waals surface area (Å²) in [5, 5.41) is 0.802. The molecule has 0 spiro atoms. The van der Waals surface area contributed by atoms with E-state index in [-0.39, 0.29) is 0 Å². The van der Waals surface area contributed by atoms with Crippen LogP contribution in [0.15, 0.2) is 48.5 Å². The lowest BCUT2D eigenvalue weighted by Crippen LogP contribution is -2.25. The first-order valence-corrected chi connectivity index (χ1v) is 7.45. The molecule has 0 atom stereocenters. The quantitative estimate of drug-likeness (QED) is 0.901. The summed E-state index contributed by atoms with van der Waals surface area (Å²) in [6.45, 7) is 1.44. The average molecular weight is 287 g/mol. The molecule has 0 saturated heterocycles. The van der Waals surface area contributed by atoms with Gasteiger partial charge in [0.2, 0.25) is 0 Å². The summed E-state index contributed by atoms with van der Waals surface area (Å²) in [5.41, 5.74) is 9.18. The molecule has 0 radical (unpaired) electrons. The van der Waals surface area contributed by atoms with Gasteiger partial charge in [-0.2, -0.15) is 0 Å². The molecule has 3 rings (SSSR count). The highest BCUT2D eigenvalue weighted by molar-refractivity contribution is 6.33. The molecule has 2 nitrogen and oxygen atoms in total. The number of nitrogens with zero attached hydrogens (tertiary/aromatic N) is 1. The van der Waals surface area contributed by atoms with E-state index in [1.54, 1.807) is 0 Å². The normalized spacial score (nSPS) is 14.3. The molecular weight excluding hydrogens is 268 g/mol. The van der Waals surface area contributed by atoms with Crippen molar-refractivity contribution in [3.8, 4) is 0 Å². The maximum atomic E-state index is 6.44. The predicted octanol–water partition coefficient (Wildman–Crippen LogP) is 3.97. The zero-order chi connectivity index (χ0) is 13.9. The van der Waals surface area contributed by atoms with Crippen molar-refractivity contribution in [2.75, 3.05) is 4.90 Å². The molecule has 1 saturated carbocycles. The summed E-state index contributed by atoms with van der Waals surface area (Å²) in [5.74, 6) is 0. The smallest absolute Gasteiger partial charge is 0.0643 e. The Morgan fingerprint density at radius 2 is 1.80 bits per heavy atom. The molecule has 104 valence electrons. The largest absolute Gasteiger partial charge is 0.363 e. The van der Waals surface area contributed by atoms with Gasteiger partial charge in [0.15, 0.2) is 0 Å². The third-order valence-corrected chi connectivity index (χ3v) is 4.04. The Balaban J connectivity index is 1.87. The first-order valence-electron chi connectivity index (χ1n) is 7.07. The van der Waals surface area contributed by atoms with Crippen LogP contribution in [0.2, 0.25) is 5.02 Å². The molecule has 0 bridgehead atoms. The standard InChI is InChI=1S/C17H19ClN2/c18-16-10-14(11-19)6-9-17(16)20(15-7-8-15)12-13-4-2-1-3-5-13/h1-6,9-10,15H,7-8,11-12,19H2. The van der Waals surface area contributed by atoms with E-state index < -0.39 is 0 Å². The number of anilines is 1. The lowest BCUT2D eigenvalue weighted by molar-refractivity contribution is 0.794. The molecule has 20 heavy (non-hydrogen) atoms. The summed E-state index contributed by atoms with van der Waals surface area (Å²) >= 11 is 6.44. The van der Waals surface area contributed by atoms with Crippen LogP contribution in [0, 0.1) is 0 Å². The molecule has 2 aromatic carbocycles. The molecule has 3 heteroatoms. The van der Waals surface area contributed by atoms with Crippen LogP contribution in [-0.4, -0.2) is 6.04 Å². The van der Waals surface area contributed by atoms with E-state index in [2.05, 4.69) is 41.3 Å². The lowest BCUT2D eigenvalue weighted by atomic mass is 10.1. The van der Waals surface area contributed by atoms with Crippen molar-refractivity contribution in [3.63, 3.8) is 0 Å². The zero-order valence-electron chi connectivity index (χ0n) is 11.4. The Labute approximate surface area is 125 Å². The fraction of sp³-hybridized carbons (Fsp3) is 0.294. The van der Waals surface area contributed by atoms with Crippen LogP contribution in [0.5, 0.6) is 0 Å². The van der Waals surface area contributed by atoms with E-state index in [9.17, 15) is 0 Å². The Morgan fingerprint density at radius 3 is 2.40 bits per heavy atom. The second-order valence-corrected chi connectivity index (χ2v) is 5.74. The van der Waals surface area contributed by atoms with E-state index in [4.69, 9.17) is 17.3 Å². The van der Waals surface area contributed by atoms with Crippen molar-refractivity contribution in [2.24, 2.45) is 5.73 Å². The van der Waals surface area contributed by atoms with E-state index >= 15 is 0 Å². The molecule has 2 aromatic rings. The third kappa shape index (κ3) is 2.97. The van der Waals surface area contributed by atoms with Crippen molar-refractivity contribution >= 4 is 17.3 Å². The van der Waals surface area contributed by atoms with Crippen molar-refractivity contribution in [2.45, 2.75) is 32.0 Å². The van der Waals surface area contributed by atoms with Gasteiger partial charge in [0.25, 0.3) is 0 Å². The molecule has 1 fully saturated rings. The molecule has 0 heterocycles. The van der Waals surface area contributed by atoms with E-state index in [1.807, 2.05) is 12.1 Å². The van der Waals surface area contributed by atoms with E-state index in [1.165, 1.54) is 18.4 Å². The van der Waals surface area contributed by atoms with Gasteiger partial charge in [-0.05, 0) is 36.1 Å². The number of hydrogen-bond donors (Lipinski definition) is 1. The van der Waals surface area contributed by atoms with Gasteiger partial charge in [-0.15, -0.1) is 0 Å². The van der Waals surface area contributed by atoms with Crippen molar-refractivity contribution in [1.82, 2.24) is 0 Å². The van der Waals surface area contributed by atoms with Gasteiger partial charge in [0.05, 0.1) is 10.7 Å².